The summed E-state index contributed by atoms with van der Waals surface area (Å²) in [5.74, 6) is 0. The first-order valence-corrected chi connectivity index (χ1v) is 5.40. The lowest BCUT2D eigenvalue weighted by Gasteiger charge is -2.03. The predicted octanol–water partition coefficient (Wildman–Crippen LogP) is 1.81. The molecule has 2 aromatic heterocycles. The van der Waals surface area contributed by atoms with Gasteiger partial charge in [0.05, 0.1) is 18.1 Å². The van der Waals surface area contributed by atoms with Crippen molar-refractivity contribution in [3.05, 3.63) is 30.4 Å². The van der Waals surface area contributed by atoms with E-state index < -0.39 is 0 Å². The summed E-state index contributed by atoms with van der Waals surface area (Å²) >= 11 is 0. The molecule has 2 aromatic rings. The molecule has 2 heterocycles. The largest absolute Gasteiger partial charge is 0.378 e. The van der Waals surface area contributed by atoms with Crippen LogP contribution in [0.5, 0.6) is 0 Å². The van der Waals surface area contributed by atoms with E-state index in [1.807, 2.05) is 30.3 Å². The predicted molar refractivity (Wildman–Crippen MR) is 63.1 cm³/mol. The van der Waals surface area contributed by atoms with Gasteiger partial charge < -0.3 is 5.32 Å². The monoisotopic (exact) mass is 219 g/mol. The first-order valence-electron chi connectivity index (χ1n) is 5.40. The molecule has 0 aliphatic heterocycles. The van der Waals surface area contributed by atoms with Gasteiger partial charge in [0.25, 0.3) is 0 Å². The van der Waals surface area contributed by atoms with Crippen LogP contribution >= 0.6 is 0 Å². The van der Waals surface area contributed by atoms with Crippen molar-refractivity contribution in [3.63, 3.8) is 0 Å². The van der Waals surface area contributed by atoms with Crippen molar-refractivity contribution >= 4 is 5.69 Å². The Balaban J connectivity index is 1.94. The van der Waals surface area contributed by atoms with Gasteiger partial charge in [0.1, 0.15) is 0 Å². The van der Waals surface area contributed by atoms with Gasteiger partial charge in [-0.15, -0.1) is 0 Å². The van der Waals surface area contributed by atoms with E-state index in [0.29, 0.717) is 6.04 Å². The molecule has 0 saturated carbocycles. The minimum atomic E-state index is 0.409. The Morgan fingerprint density at radius 2 is 2.06 bits per heavy atom. The molecule has 0 aromatic carbocycles. The molecule has 0 fully saturated rings. The molecular weight excluding hydrogens is 202 g/mol. The number of aryl methyl sites for hydroxylation is 1. The van der Waals surface area contributed by atoms with Crippen LogP contribution in [0.4, 0.5) is 5.69 Å². The highest BCUT2D eigenvalue weighted by Crippen LogP contribution is 2.09. The number of aromatic nitrogens is 4. The maximum atomic E-state index is 4.29. The SMILES string of the molecule is CC(C)n1cc(CNc2cnn(C)c2)cn1. The first kappa shape index (κ1) is 10.7. The van der Waals surface area contributed by atoms with Gasteiger partial charge in [0, 0.05) is 37.6 Å². The Morgan fingerprint density at radius 1 is 1.25 bits per heavy atom. The third kappa shape index (κ3) is 2.42. The van der Waals surface area contributed by atoms with Gasteiger partial charge in [-0.2, -0.15) is 10.2 Å². The molecule has 0 atom stereocenters. The van der Waals surface area contributed by atoms with Gasteiger partial charge in [-0.3, -0.25) is 9.36 Å². The Hall–Kier alpha value is -1.78. The number of anilines is 1. The van der Waals surface area contributed by atoms with Crippen molar-refractivity contribution in [2.75, 3.05) is 5.32 Å². The molecule has 0 unspecified atom stereocenters. The normalized spacial score (nSPS) is 11.0. The Labute approximate surface area is 95.1 Å². The molecule has 0 aliphatic rings. The van der Waals surface area contributed by atoms with Gasteiger partial charge >= 0.3 is 0 Å². The third-order valence-corrected chi connectivity index (χ3v) is 2.39. The van der Waals surface area contributed by atoms with E-state index in [0.717, 1.165) is 12.2 Å². The van der Waals surface area contributed by atoms with Crippen LogP contribution in [-0.4, -0.2) is 19.6 Å². The summed E-state index contributed by atoms with van der Waals surface area (Å²) in [4.78, 5) is 0. The second kappa shape index (κ2) is 4.38. The fraction of sp³-hybridized carbons (Fsp3) is 0.455. The molecule has 2 rings (SSSR count). The summed E-state index contributed by atoms with van der Waals surface area (Å²) in [5.41, 5.74) is 2.21. The minimum absolute atomic E-state index is 0.409. The van der Waals surface area contributed by atoms with Crippen molar-refractivity contribution < 1.29 is 0 Å². The van der Waals surface area contributed by atoms with Crippen molar-refractivity contribution in [3.8, 4) is 0 Å². The Morgan fingerprint density at radius 3 is 2.62 bits per heavy atom. The van der Waals surface area contributed by atoms with Gasteiger partial charge in [0.15, 0.2) is 0 Å². The molecule has 0 radical (unpaired) electrons. The average molecular weight is 219 g/mol. The molecule has 5 heteroatoms. The lowest BCUT2D eigenvalue weighted by atomic mass is 10.3. The van der Waals surface area contributed by atoms with Crippen molar-refractivity contribution in [2.45, 2.75) is 26.4 Å². The van der Waals surface area contributed by atoms with Gasteiger partial charge in [-0.05, 0) is 13.8 Å². The molecule has 0 aliphatic carbocycles. The van der Waals surface area contributed by atoms with Crippen LogP contribution in [0.3, 0.4) is 0 Å². The number of nitrogens with zero attached hydrogens (tertiary/aromatic N) is 4. The summed E-state index contributed by atoms with van der Waals surface area (Å²) < 4.78 is 3.74. The fourth-order valence-corrected chi connectivity index (χ4v) is 1.47. The second-order valence-electron chi connectivity index (χ2n) is 4.18. The fourth-order valence-electron chi connectivity index (χ4n) is 1.47. The van der Waals surface area contributed by atoms with E-state index in [1.165, 1.54) is 5.56 Å². The van der Waals surface area contributed by atoms with Gasteiger partial charge in [0.2, 0.25) is 0 Å². The number of rotatable bonds is 4. The van der Waals surface area contributed by atoms with E-state index in [9.17, 15) is 0 Å². The highest BCUT2D eigenvalue weighted by molar-refractivity contribution is 5.38. The third-order valence-electron chi connectivity index (χ3n) is 2.39. The molecule has 0 amide bonds. The van der Waals surface area contributed by atoms with Crippen molar-refractivity contribution in [1.82, 2.24) is 19.6 Å². The molecule has 1 N–H and O–H groups in total. The first-order chi connectivity index (χ1) is 7.65. The molecule has 0 spiro atoms. The Bertz CT molecular complexity index is 454. The summed E-state index contributed by atoms with van der Waals surface area (Å²) in [6.07, 6.45) is 7.72. The van der Waals surface area contributed by atoms with Crippen LogP contribution in [0.15, 0.2) is 24.8 Å². The summed E-state index contributed by atoms with van der Waals surface area (Å²) in [6, 6.07) is 0.409. The molecule has 0 bridgehead atoms. The summed E-state index contributed by atoms with van der Waals surface area (Å²) in [6.45, 7) is 5.01. The molecule has 86 valence electrons. The van der Waals surface area contributed by atoms with Crippen LogP contribution in [0.2, 0.25) is 0 Å². The molecule has 5 nitrogen and oxygen atoms in total. The van der Waals surface area contributed by atoms with E-state index in [1.54, 1.807) is 4.68 Å². The average Bonchev–Trinajstić information content (AvgIpc) is 2.83. The summed E-state index contributed by atoms with van der Waals surface area (Å²) in [5, 5.41) is 11.7. The number of hydrogen-bond donors (Lipinski definition) is 1. The lowest BCUT2D eigenvalue weighted by molar-refractivity contribution is 0.532. The highest BCUT2D eigenvalue weighted by Gasteiger charge is 2.02. The van der Waals surface area contributed by atoms with E-state index >= 15 is 0 Å². The van der Waals surface area contributed by atoms with E-state index in [2.05, 4.69) is 35.6 Å². The number of nitrogens with one attached hydrogen (secondary N) is 1. The van der Waals surface area contributed by atoms with Crippen LogP contribution < -0.4 is 5.32 Å². The minimum Gasteiger partial charge on any atom is -0.378 e. The standard InChI is InChI=1S/C11H17N5/c1-9(2)16-7-10(5-14-16)4-12-11-6-13-15(3)8-11/h5-9,12H,4H2,1-3H3. The smallest absolute Gasteiger partial charge is 0.0729 e. The lowest BCUT2D eigenvalue weighted by Crippen LogP contribution is -2.01. The zero-order chi connectivity index (χ0) is 11.5. The van der Waals surface area contributed by atoms with Crippen LogP contribution in [0.25, 0.3) is 0 Å². The van der Waals surface area contributed by atoms with E-state index in [-0.39, 0.29) is 0 Å². The quantitative estimate of drug-likeness (QED) is 0.853. The maximum absolute atomic E-state index is 4.29. The molecular formula is C11H17N5. The van der Waals surface area contributed by atoms with Gasteiger partial charge in [-0.25, -0.2) is 0 Å². The van der Waals surface area contributed by atoms with Crippen LogP contribution in [0, 0.1) is 0 Å². The molecule has 16 heavy (non-hydrogen) atoms. The molecule has 0 saturated heterocycles. The highest BCUT2D eigenvalue weighted by atomic mass is 15.3. The zero-order valence-corrected chi connectivity index (χ0v) is 9.88. The van der Waals surface area contributed by atoms with Crippen LogP contribution in [-0.2, 0) is 13.6 Å². The zero-order valence-electron chi connectivity index (χ0n) is 9.88. The topological polar surface area (TPSA) is 47.7 Å². The second-order valence-corrected chi connectivity index (χ2v) is 4.18. The number of hydrogen-bond acceptors (Lipinski definition) is 3. The Kier molecular flexibility index (Phi) is 2.94. The maximum Gasteiger partial charge on any atom is 0.0729 e. The van der Waals surface area contributed by atoms with Crippen LogP contribution in [0.1, 0.15) is 25.5 Å². The summed E-state index contributed by atoms with van der Waals surface area (Å²) in [7, 11) is 1.90. The van der Waals surface area contributed by atoms with Gasteiger partial charge in [-0.1, -0.05) is 0 Å². The van der Waals surface area contributed by atoms with Crippen molar-refractivity contribution in [1.29, 1.82) is 0 Å². The van der Waals surface area contributed by atoms with Crippen molar-refractivity contribution in [2.24, 2.45) is 7.05 Å². The van der Waals surface area contributed by atoms with E-state index in [4.69, 9.17) is 0 Å².